The van der Waals surface area contributed by atoms with Crippen LogP contribution in [-0.4, -0.2) is 49.3 Å². The van der Waals surface area contributed by atoms with Crippen LogP contribution in [0.3, 0.4) is 0 Å². The van der Waals surface area contributed by atoms with Crippen LogP contribution < -0.4 is 5.73 Å². The Morgan fingerprint density at radius 1 is 0.392 bits per heavy atom. The lowest BCUT2D eigenvalue weighted by Crippen LogP contribution is -2.29. The van der Waals surface area contributed by atoms with Gasteiger partial charge in [-0.15, -0.1) is 0 Å². The van der Waals surface area contributed by atoms with E-state index in [9.17, 15) is 19.0 Å². The molecule has 0 spiro atoms. The van der Waals surface area contributed by atoms with Crippen molar-refractivity contribution in [2.24, 2.45) is 5.73 Å². The van der Waals surface area contributed by atoms with Crippen LogP contribution in [0.5, 0.6) is 0 Å². The normalized spacial score (nSPS) is 13.4. The van der Waals surface area contributed by atoms with Crippen LogP contribution in [0.25, 0.3) is 0 Å². The number of carbonyl (C=O) groups is 2. The van der Waals surface area contributed by atoms with E-state index in [1.54, 1.807) is 0 Å². The van der Waals surface area contributed by atoms with E-state index in [1.807, 2.05) is 0 Å². The number of esters is 2. The Bertz CT molecular complexity index is 1520. The van der Waals surface area contributed by atoms with Crippen molar-refractivity contribution < 1.29 is 37.6 Å². The Morgan fingerprint density at radius 2 is 0.696 bits per heavy atom. The number of unbranched alkanes of at least 4 members (excludes halogenated alkanes) is 38. The van der Waals surface area contributed by atoms with E-state index in [1.165, 1.54) is 212 Å². The summed E-state index contributed by atoms with van der Waals surface area (Å²) in [5.41, 5.74) is 5.39. The monoisotopic (exact) mass is 1130 g/mol. The smallest absolute Gasteiger partial charge is 0.462 e. The van der Waals surface area contributed by atoms with Crippen molar-refractivity contribution in [3.05, 3.63) is 72.9 Å². The maximum Gasteiger partial charge on any atom is 0.472 e. The van der Waals surface area contributed by atoms with Gasteiger partial charge in [-0.3, -0.25) is 18.6 Å². The van der Waals surface area contributed by atoms with Crippen molar-refractivity contribution in [2.75, 3.05) is 26.4 Å². The standard InChI is InChI=1S/C69H126NO8P/c1-3-5-7-9-11-13-15-17-19-21-23-25-27-28-29-30-31-32-33-34-35-36-37-38-40-41-43-45-47-49-51-53-55-57-59-61-68(71)75-65-67(66-77-79(73,74)76-64-63-70)78-69(72)62-60-58-56-54-52-50-48-46-44-42-39-26-24-22-20-18-16-14-12-10-8-6-4-2/h6,8,12,14,18,20-21,23-24,26,42,44,67H,3-5,7,9-11,13,15-17,19,22,25,27-41,43,45-66,70H2,1-2H3,(H,73,74)/b8-6-,14-12-,20-18-,23-21-,26-24-,44-42-. The summed E-state index contributed by atoms with van der Waals surface area (Å²) < 4.78 is 33.1. The van der Waals surface area contributed by atoms with E-state index in [-0.39, 0.29) is 38.6 Å². The molecule has 10 heteroatoms. The molecule has 0 aliphatic rings. The van der Waals surface area contributed by atoms with Gasteiger partial charge in [0.15, 0.2) is 6.10 Å². The van der Waals surface area contributed by atoms with Crippen LogP contribution in [0.2, 0.25) is 0 Å². The predicted octanol–water partition coefficient (Wildman–Crippen LogP) is 21.6. The summed E-state index contributed by atoms with van der Waals surface area (Å²) in [6.07, 6.45) is 84.3. The molecular formula is C69H126NO8P. The first-order valence-electron chi connectivity index (χ1n) is 33.4. The lowest BCUT2D eigenvalue weighted by atomic mass is 10.0. The molecule has 0 heterocycles. The average molecular weight is 1130 g/mol. The van der Waals surface area contributed by atoms with E-state index in [0.29, 0.717) is 6.42 Å². The van der Waals surface area contributed by atoms with E-state index in [0.717, 1.165) is 77.0 Å². The number of allylic oxidation sites excluding steroid dienone is 12. The van der Waals surface area contributed by atoms with Gasteiger partial charge in [-0.25, -0.2) is 4.57 Å². The number of nitrogens with two attached hydrogens (primary N) is 1. The molecule has 0 saturated heterocycles. The van der Waals surface area contributed by atoms with E-state index >= 15 is 0 Å². The summed E-state index contributed by atoms with van der Waals surface area (Å²) >= 11 is 0. The molecule has 9 nitrogen and oxygen atoms in total. The highest BCUT2D eigenvalue weighted by Gasteiger charge is 2.26. The first kappa shape index (κ1) is 76.5. The number of phosphoric ester groups is 1. The van der Waals surface area contributed by atoms with E-state index in [4.69, 9.17) is 24.3 Å². The summed E-state index contributed by atoms with van der Waals surface area (Å²) in [7, 11) is -4.40. The third-order valence-corrected chi connectivity index (χ3v) is 15.6. The summed E-state index contributed by atoms with van der Waals surface area (Å²) in [5.74, 6) is -0.830. The summed E-state index contributed by atoms with van der Waals surface area (Å²) in [6, 6.07) is 0. The summed E-state index contributed by atoms with van der Waals surface area (Å²) in [6.45, 7) is 3.65. The quantitative estimate of drug-likeness (QED) is 0.0264. The molecule has 0 amide bonds. The lowest BCUT2D eigenvalue weighted by molar-refractivity contribution is -0.161. The highest BCUT2D eigenvalue weighted by Crippen LogP contribution is 2.43. The number of hydrogen-bond donors (Lipinski definition) is 2. The number of ether oxygens (including phenoxy) is 2. The zero-order chi connectivity index (χ0) is 57.3. The first-order valence-corrected chi connectivity index (χ1v) is 34.9. The van der Waals surface area contributed by atoms with Crippen LogP contribution in [0, 0.1) is 0 Å². The Balaban J connectivity index is 3.85. The number of carbonyl (C=O) groups excluding carboxylic acids is 2. The van der Waals surface area contributed by atoms with Crippen LogP contribution in [0.15, 0.2) is 72.9 Å². The largest absolute Gasteiger partial charge is 0.472 e. The molecule has 0 aliphatic carbocycles. The van der Waals surface area contributed by atoms with Crippen molar-refractivity contribution in [2.45, 2.75) is 328 Å². The fourth-order valence-electron chi connectivity index (χ4n) is 9.66. The number of hydrogen-bond acceptors (Lipinski definition) is 8. The Labute approximate surface area is 488 Å². The second kappa shape index (κ2) is 64.6. The second-order valence-electron chi connectivity index (χ2n) is 22.3. The second-order valence-corrected chi connectivity index (χ2v) is 23.8. The zero-order valence-corrected chi connectivity index (χ0v) is 52.5. The number of rotatable bonds is 63. The molecular weight excluding hydrogens is 1000 g/mol. The molecule has 0 aromatic rings. The maximum atomic E-state index is 12.7. The van der Waals surface area contributed by atoms with Crippen molar-refractivity contribution in [1.29, 1.82) is 0 Å². The molecule has 460 valence electrons. The average Bonchev–Trinajstić information content (AvgIpc) is 3.44. The van der Waals surface area contributed by atoms with Crippen molar-refractivity contribution >= 4 is 19.8 Å². The van der Waals surface area contributed by atoms with Crippen molar-refractivity contribution in [1.82, 2.24) is 0 Å². The highest BCUT2D eigenvalue weighted by molar-refractivity contribution is 7.47. The minimum Gasteiger partial charge on any atom is -0.462 e. The van der Waals surface area contributed by atoms with Crippen molar-refractivity contribution in [3.8, 4) is 0 Å². The van der Waals surface area contributed by atoms with Gasteiger partial charge >= 0.3 is 19.8 Å². The fourth-order valence-corrected chi connectivity index (χ4v) is 10.4. The van der Waals surface area contributed by atoms with Gasteiger partial charge in [-0.2, -0.15) is 0 Å². The maximum absolute atomic E-state index is 12.7. The molecule has 0 aliphatic heterocycles. The van der Waals surface area contributed by atoms with Gasteiger partial charge in [-0.1, -0.05) is 299 Å². The Hall–Kier alpha value is -2.55. The molecule has 79 heavy (non-hydrogen) atoms. The van der Waals surface area contributed by atoms with E-state index < -0.39 is 26.5 Å². The zero-order valence-electron chi connectivity index (χ0n) is 51.6. The van der Waals surface area contributed by atoms with Gasteiger partial charge in [0.2, 0.25) is 0 Å². The molecule has 0 aromatic carbocycles. The Kier molecular flexibility index (Phi) is 62.5. The number of phosphoric acid groups is 1. The van der Waals surface area contributed by atoms with E-state index in [2.05, 4.69) is 86.8 Å². The molecule has 2 unspecified atom stereocenters. The Morgan fingerprint density at radius 3 is 1.05 bits per heavy atom. The molecule has 2 atom stereocenters. The first-order chi connectivity index (χ1) is 38.8. The minimum atomic E-state index is -4.40. The van der Waals surface area contributed by atoms with Crippen LogP contribution >= 0.6 is 7.82 Å². The van der Waals surface area contributed by atoms with Crippen molar-refractivity contribution in [3.63, 3.8) is 0 Å². The topological polar surface area (TPSA) is 134 Å². The molecule has 3 N–H and O–H groups in total. The molecule has 0 radical (unpaired) electrons. The third kappa shape index (κ3) is 64.5. The molecule has 0 fully saturated rings. The van der Waals surface area contributed by atoms with Crippen LogP contribution in [0.1, 0.15) is 322 Å². The van der Waals surface area contributed by atoms with Gasteiger partial charge in [0, 0.05) is 19.4 Å². The fraction of sp³-hybridized carbons (Fsp3) is 0.797. The minimum absolute atomic E-state index is 0.0497. The molecule has 0 aromatic heterocycles. The van der Waals surface area contributed by atoms with Crippen LogP contribution in [0.4, 0.5) is 0 Å². The summed E-state index contributed by atoms with van der Waals surface area (Å²) in [4.78, 5) is 35.3. The van der Waals surface area contributed by atoms with Crippen LogP contribution in [-0.2, 0) is 32.7 Å². The lowest BCUT2D eigenvalue weighted by Gasteiger charge is -2.19. The van der Waals surface area contributed by atoms with Gasteiger partial charge in [-0.05, 0) is 83.5 Å². The van der Waals surface area contributed by atoms with Gasteiger partial charge in [0.05, 0.1) is 13.2 Å². The molecule has 0 bridgehead atoms. The third-order valence-electron chi connectivity index (χ3n) is 14.6. The predicted molar refractivity (Wildman–Crippen MR) is 339 cm³/mol. The summed E-state index contributed by atoms with van der Waals surface area (Å²) in [5, 5.41) is 0. The van der Waals surface area contributed by atoms with Gasteiger partial charge in [0.1, 0.15) is 6.61 Å². The SMILES string of the molecule is CC/C=C\C/C=C\C/C=C\C/C=C\C/C=C\CCCCCCCCCC(=O)OC(COC(=O)CCCCCCCCCCCCCCCCCCCCCCCCC/C=C\CCCCCCCCCC)COP(=O)(O)OCCN. The van der Waals surface area contributed by atoms with Gasteiger partial charge < -0.3 is 20.1 Å². The highest BCUT2D eigenvalue weighted by atomic mass is 31.2. The van der Waals surface area contributed by atoms with Gasteiger partial charge in [0.25, 0.3) is 0 Å². The molecule has 0 saturated carbocycles. The molecule has 0 rings (SSSR count).